The number of phenolic OH excluding ortho intramolecular Hbond substituents is 1. The third kappa shape index (κ3) is 3.36. The summed E-state index contributed by atoms with van der Waals surface area (Å²) in [7, 11) is 0. The van der Waals surface area contributed by atoms with Crippen LogP contribution < -0.4 is 10.6 Å². The van der Waals surface area contributed by atoms with Crippen molar-refractivity contribution in [3.63, 3.8) is 0 Å². The first-order valence-corrected chi connectivity index (χ1v) is 7.58. The second-order valence-corrected chi connectivity index (χ2v) is 5.82. The van der Waals surface area contributed by atoms with Crippen LogP contribution in [-0.4, -0.2) is 22.8 Å². The van der Waals surface area contributed by atoms with E-state index in [4.69, 9.17) is 17.0 Å². The van der Waals surface area contributed by atoms with Gasteiger partial charge in [-0.1, -0.05) is 15.9 Å². The lowest BCUT2D eigenvalue weighted by Crippen LogP contribution is -2.45. The van der Waals surface area contributed by atoms with E-state index in [9.17, 15) is 9.90 Å². The van der Waals surface area contributed by atoms with Gasteiger partial charge in [0.25, 0.3) is 0 Å². The molecule has 1 aromatic rings. The number of ether oxygens (including phenoxy) is 1. The van der Waals surface area contributed by atoms with E-state index in [2.05, 4.69) is 26.6 Å². The highest BCUT2D eigenvalue weighted by molar-refractivity contribution is 9.10. The van der Waals surface area contributed by atoms with Gasteiger partial charge >= 0.3 is 5.97 Å². The molecule has 5 nitrogen and oxygen atoms in total. The summed E-state index contributed by atoms with van der Waals surface area (Å²) in [6, 6.07) is 4.46. The van der Waals surface area contributed by atoms with Crippen LogP contribution in [0.3, 0.4) is 0 Å². The number of rotatable bonds is 3. The Bertz CT molecular complexity index is 631. The maximum atomic E-state index is 12.2. The lowest BCUT2D eigenvalue weighted by Gasteiger charge is -2.30. The summed E-state index contributed by atoms with van der Waals surface area (Å²) in [4.78, 5) is 12.2. The zero-order chi connectivity index (χ0) is 15.6. The van der Waals surface area contributed by atoms with Crippen LogP contribution in [0.2, 0.25) is 0 Å². The molecular formula is C14H15BrN2O3S. The van der Waals surface area contributed by atoms with E-state index in [1.165, 1.54) is 0 Å². The van der Waals surface area contributed by atoms with E-state index in [1.807, 2.05) is 0 Å². The fourth-order valence-electron chi connectivity index (χ4n) is 2.16. The molecule has 1 atom stereocenters. The van der Waals surface area contributed by atoms with Crippen molar-refractivity contribution < 1.29 is 14.6 Å². The molecule has 0 fully saturated rings. The maximum Gasteiger partial charge on any atom is 0.338 e. The number of nitrogens with one attached hydrogen (secondary N) is 2. The van der Waals surface area contributed by atoms with Crippen LogP contribution in [0.5, 0.6) is 5.75 Å². The smallest absolute Gasteiger partial charge is 0.338 e. The van der Waals surface area contributed by atoms with Crippen molar-refractivity contribution in [1.82, 2.24) is 10.6 Å². The molecule has 0 aliphatic carbocycles. The fraction of sp³-hybridized carbons (Fsp3) is 0.286. The molecule has 112 valence electrons. The van der Waals surface area contributed by atoms with Crippen molar-refractivity contribution in [2.45, 2.75) is 19.9 Å². The Kier molecular flexibility index (Phi) is 4.84. The Morgan fingerprint density at radius 3 is 2.90 bits per heavy atom. The minimum Gasteiger partial charge on any atom is -0.508 e. The number of hydrogen-bond donors (Lipinski definition) is 3. The number of carbonyl (C=O) groups is 1. The van der Waals surface area contributed by atoms with Crippen molar-refractivity contribution in [1.29, 1.82) is 0 Å². The van der Waals surface area contributed by atoms with Gasteiger partial charge in [-0.3, -0.25) is 0 Å². The van der Waals surface area contributed by atoms with Gasteiger partial charge in [-0.25, -0.2) is 4.79 Å². The number of thiocarbonyl (C=S) groups is 1. The number of hydrogen-bond acceptors (Lipinski definition) is 4. The van der Waals surface area contributed by atoms with Crippen LogP contribution in [0.1, 0.15) is 25.5 Å². The van der Waals surface area contributed by atoms with Crippen molar-refractivity contribution >= 4 is 39.2 Å². The average Bonchev–Trinajstić information content (AvgIpc) is 2.40. The van der Waals surface area contributed by atoms with Gasteiger partial charge in [0, 0.05) is 15.7 Å². The molecule has 0 spiro atoms. The number of halogens is 1. The summed E-state index contributed by atoms with van der Waals surface area (Å²) in [5, 5.41) is 16.4. The SMILES string of the molecule is CCOC(=O)C1=C(C)NC(=S)N[C@H]1c1cc(Br)ccc1O. The molecule has 0 bridgehead atoms. The molecular weight excluding hydrogens is 356 g/mol. The van der Waals surface area contributed by atoms with E-state index in [0.29, 0.717) is 21.9 Å². The van der Waals surface area contributed by atoms with E-state index in [0.717, 1.165) is 4.47 Å². The van der Waals surface area contributed by atoms with Crippen LogP contribution in [0, 0.1) is 0 Å². The summed E-state index contributed by atoms with van der Waals surface area (Å²) < 4.78 is 5.89. The third-order valence-electron chi connectivity index (χ3n) is 3.07. The van der Waals surface area contributed by atoms with Crippen LogP contribution in [-0.2, 0) is 9.53 Å². The molecule has 0 unspecified atom stereocenters. The molecule has 0 saturated carbocycles. The molecule has 3 N–H and O–H groups in total. The zero-order valence-electron chi connectivity index (χ0n) is 11.6. The van der Waals surface area contributed by atoms with E-state index in [-0.39, 0.29) is 12.4 Å². The lowest BCUT2D eigenvalue weighted by atomic mass is 9.95. The molecule has 1 aliphatic heterocycles. The molecule has 0 radical (unpaired) electrons. The van der Waals surface area contributed by atoms with Crippen molar-refractivity contribution in [3.8, 4) is 5.75 Å². The van der Waals surface area contributed by atoms with Gasteiger partial charge in [0.05, 0.1) is 18.2 Å². The normalized spacial score (nSPS) is 18.0. The number of esters is 1. The van der Waals surface area contributed by atoms with Gasteiger partial charge in [-0.2, -0.15) is 0 Å². The second kappa shape index (κ2) is 6.44. The summed E-state index contributed by atoms with van der Waals surface area (Å²) in [6.07, 6.45) is 0. The highest BCUT2D eigenvalue weighted by Crippen LogP contribution is 2.34. The summed E-state index contributed by atoms with van der Waals surface area (Å²) in [6.45, 7) is 3.77. The minimum atomic E-state index is -0.560. The predicted octanol–water partition coefficient (Wildman–Crippen LogP) is 2.51. The number of benzene rings is 1. The van der Waals surface area contributed by atoms with Gasteiger partial charge in [0.15, 0.2) is 5.11 Å². The first-order chi connectivity index (χ1) is 9.93. The third-order valence-corrected chi connectivity index (χ3v) is 3.78. The van der Waals surface area contributed by atoms with Crippen LogP contribution in [0.4, 0.5) is 0 Å². The molecule has 1 aromatic carbocycles. The Labute approximate surface area is 136 Å². The molecule has 0 aromatic heterocycles. The van der Waals surface area contributed by atoms with Gasteiger partial charge in [0.1, 0.15) is 5.75 Å². The zero-order valence-corrected chi connectivity index (χ0v) is 14.0. The summed E-state index contributed by atoms with van der Waals surface area (Å²) >= 11 is 8.50. The second-order valence-electron chi connectivity index (χ2n) is 4.49. The Hall–Kier alpha value is -1.60. The van der Waals surface area contributed by atoms with Crippen LogP contribution in [0.15, 0.2) is 33.9 Å². The van der Waals surface area contributed by atoms with E-state index >= 15 is 0 Å². The molecule has 7 heteroatoms. The monoisotopic (exact) mass is 370 g/mol. The number of allylic oxidation sites excluding steroid dienone is 1. The Morgan fingerprint density at radius 2 is 2.24 bits per heavy atom. The van der Waals surface area contributed by atoms with Crippen LogP contribution >= 0.6 is 28.1 Å². The average molecular weight is 371 g/mol. The highest BCUT2D eigenvalue weighted by Gasteiger charge is 2.32. The van der Waals surface area contributed by atoms with Gasteiger partial charge in [0.2, 0.25) is 0 Å². The predicted molar refractivity (Wildman–Crippen MR) is 86.8 cm³/mol. The topological polar surface area (TPSA) is 70.6 Å². The molecule has 21 heavy (non-hydrogen) atoms. The standard InChI is InChI=1S/C14H15BrN2O3S/c1-3-20-13(19)11-7(2)16-14(21)17-12(11)9-6-8(15)4-5-10(9)18/h4-6,12,18H,3H2,1-2H3,(H2,16,17,21)/t12-/m0/s1. The molecule has 0 saturated heterocycles. The molecule has 2 rings (SSSR count). The Balaban J connectivity index is 2.52. The summed E-state index contributed by atoms with van der Waals surface area (Å²) in [5.74, 6) is -0.364. The summed E-state index contributed by atoms with van der Waals surface area (Å²) in [5.41, 5.74) is 1.57. The molecule has 1 heterocycles. The number of phenols is 1. The van der Waals surface area contributed by atoms with E-state index < -0.39 is 12.0 Å². The van der Waals surface area contributed by atoms with Crippen molar-refractivity contribution in [3.05, 3.63) is 39.5 Å². The van der Waals surface area contributed by atoms with Gasteiger partial charge < -0.3 is 20.5 Å². The first-order valence-electron chi connectivity index (χ1n) is 6.37. The minimum absolute atomic E-state index is 0.0787. The van der Waals surface area contributed by atoms with Gasteiger partial charge in [-0.05, 0) is 44.3 Å². The van der Waals surface area contributed by atoms with Crippen molar-refractivity contribution in [2.24, 2.45) is 0 Å². The number of aromatic hydroxyl groups is 1. The quantitative estimate of drug-likeness (QED) is 0.560. The Morgan fingerprint density at radius 1 is 1.52 bits per heavy atom. The maximum absolute atomic E-state index is 12.2. The van der Waals surface area contributed by atoms with E-state index in [1.54, 1.807) is 32.0 Å². The van der Waals surface area contributed by atoms with Gasteiger partial charge in [-0.15, -0.1) is 0 Å². The number of carbonyl (C=O) groups excluding carboxylic acids is 1. The fourth-order valence-corrected chi connectivity index (χ4v) is 2.81. The lowest BCUT2D eigenvalue weighted by molar-refractivity contribution is -0.139. The largest absolute Gasteiger partial charge is 0.508 e. The highest BCUT2D eigenvalue weighted by atomic mass is 79.9. The van der Waals surface area contributed by atoms with Crippen LogP contribution in [0.25, 0.3) is 0 Å². The van der Waals surface area contributed by atoms with Crippen molar-refractivity contribution in [2.75, 3.05) is 6.61 Å². The molecule has 1 aliphatic rings. The molecule has 0 amide bonds. The first kappa shape index (κ1) is 15.8.